The van der Waals surface area contributed by atoms with Crippen LogP contribution in [0.1, 0.15) is 24.1 Å². The average Bonchev–Trinajstić information content (AvgIpc) is 3.07. The molecule has 3 aromatic rings. The average molecular weight is 503 g/mol. The van der Waals surface area contributed by atoms with E-state index in [4.69, 9.17) is 39.5 Å². The molecule has 1 heterocycles. The molecule has 1 atom stereocenters. The summed E-state index contributed by atoms with van der Waals surface area (Å²) in [5, 5.41) is 12.2. The molecule has 0 bridgehead atoms. The van der Waals surface area contributed by atoms with Gasteiger partial charge >= 0.3 is 0 Å². The van der Waals surface area contributed by atoms with E-state index in [0.29, 0.717) is 33.7 Å². The van der Waals surface area contributed by atoms with Crippen LogP contribution < -0.4 is 9.64 Å². The van der Waals surface area contributed by atoms with Crippen LogP contribution in [0.15, 0.2) is 72.3 Å². The first kappa shape index (κ1) is 23.2. The number of carbonyl (C=O) groups excluding carboxylic acids is 2. The van der Waals surface area contributed by atoms with Crippen molar-refractivity contribution in [3.8, 4) is 5.75 Å². The SMILES string of the molecule is CCOc1cccc(C2/C(=C(/O)c3ccc(Cl)c(Cl)c3)C(=O)C(=O)N2c2ccc(Cl)cc2)c1. The van der Waals surface area contributed by atoms with Gasteiger partial charge in [0.15, 0.2) is 0 Å². The van der Waals surface area contributed by atoms with E-state index in [2.05, 4.69) is 0 Å². The molecule has 1 fully saturated rings. The number of anilines is 1. The van der Waals surface area contributed by atoms with Crippen molar-refractivity contribution in [1.82, 2.24) is 0 Å². The highest BCUT2D eigenvalue weighted by Gasteiger charge is 2.47. The number of ether oxygens (including phenoxy) is 1. The summed E-state index contributed by atoms with van der Waals surface area (Å²) < 4.78 is 5.61. The summed E-state index contributed by atoms with van der Waals surface area (Å²) >= 11 is 18.1. The Kier molecular flexibility index (Phi) is 6.66. The van der Waals surface area contributed by atoms with Crippen molar-refractivity contribution in [2.75, 3.05) is 11.5 Å². The molecule has 4 rings (SSSR count). The minimum atomic E-state index is -0.902. The molecule has 1 unspecified atom stereocenters. The Labute approximate surface area is 205 Å². The van der Waals surface area contributed by atoms with Crippen LogP contribution in [0.4, 0.5) is 5.69 Å². The van der Waals surface area contributed by atoms with Gasteiger partial charge in [-0.05, 0) is 67.1 Å². The van der Waals surface area contributed by atoms with Gasteiger partial charge in [-0.15, -0.1) is 0 Å². The number of hydrogen-bond acceptors (Lipinski definition) is 4. The monoisotopic (exact) mass is 501 g/mol. The fourth-order valence-corrected chi connectivity index (χ4v) is 4.18. The Hall–Kier alpha value is -2.99. The first-order valence-electron chi connectivity index (χ1n) is 10.1. The summed E-state index contributed by atoms with van der Waals surface area (Å²) in [4.78, 5) is 27.7. The number of amides is 1. The molecule has 1 aliphatic rings. The zero-order chi connectivity index (χ0) is 23.7. The first-order valence-corrected chi connectivity index (χ1v) is 11.2. The molecule has 0 radical (unpaired) electrons. The molecule has 5 nitrogen and oxygen atoms in total. The Morgan fingerprint density at radius 2 is 1.70 bits per heavy atom. The van der Waals surface area contributed by atoms with E-state index in [-0.39, 0.29) is 21.9 Å². The number of benzene rings is 3. The van der Waals surface area contributed by atoms with Gasteiger partial charge in [0.2, 0.25) is 0 Å². The van der Waals surface area contributed by atoms with E-state index < -0.39 is 17.7 Å². The maximum Gasteiger partial charge on any atom is 0.300 e. The van der Waals surface area contributed by atoms with Crippen molar-refractivity contribution in [3.05, 3.63) is 98.5 Å². The number of aliphatic hydroxyl groups is 1. The van der Waals surface area contributed by atoms with Crippen molar-refractivity contribution in [2.45, 2.75) is 13.0 Å². The third-order valence-corrected chi connectivity index (χ3v) is 6.22. The predicted molar refractivity (Wildman–Crippen MR) is 130 cm³/mol. The number of hydrogen-bond donors (Lipinski definition) is 1. The molecular weight excluding hydrogens is 485 g/mol. The number of Topliss-reactive ketones (excluding diaryl/α,β-unsaturated/α-hetero) is 1. The predicted octanol–water partition coefficient (Wildman–Crippen LogP) is 6.67. The second-order valence-corrected chi connectivity index (χ2v) is 8.53. The summed E-state index contributed by atoms with van der Waals surface area (Å²) in [5.41, 5.74) is 1.25. The zero-order valence-corrected chi connectivity index (χ0v) is 19.7. The summed E-state index contributed by atoms with van der Waals surface area (Å²) in [6.07, 6.45) is 0. The van der Waals surface area contributed by atoms with E-state index >= 15 is 0 Å². The Bertz CT molecular complexity index is 1270. The van der Waals surface area contributed by atoms with Crippen LogP contribution in [0.3, 0.4) is 0 Å². The third-order valence-electron chi connectivity index (χ3n) is 5.23. The maximum atomic E-state index is 13.2. The number of carbonyl (C=O) groups is 2. The Morgan fingerprint density at radius 1 is 0.970 bits per heavy atom. The molecule has 3 aromatic carbocycles. The van der Waals surface area contributed by atoms with Gasteiger partial charge in [-0.1, -0.05) is 46.9 Å². The van der Waals surface area contributed by atoms with Crippen LogP contribution in [-0.2, 0) is 9.59 Å². The number of rotatable bonds is 5. The van der Waals surface area contributed by atoms with Crippen molar-refractivity contribution < 1.29 is 19.4 Å². The third kappa shape index (κ3) is 4.44. The standard InChI is InChI=1S/C25H18Cl3NO4/c1-2-33-18-5-3-4-14(12-18)22-21(23(30)15-6-11-19(27)20(28)13-15)24(31)25(32)29(22)17-9-7-16(26)8-10-17/h3-13,22,30H,2H2,1H3/b23-21-. The van der Waals surface area contributed by atoms with Gasteiger partial charge in [-0.25, -0.2) is 0 Å². The van der Waals surface area contributed by atoms with Crippen LogP contribution in [0.5, 0.6) is 5.75 Å². The molecule has 1 saturated heterocycles. The number of aliphatic hydroxyl groups excluding tert-OH is 1. The van der Waals surface area contributed by atoms with Gasteiger partial charge in [0.25, 0.3) is 11.7 Å². The lowest BCUT2D eigenvalue weighted by atomic mass is 9.95. The summed E-state index contributed by atoms with van der Waals surface area (Å²) in [6.45, 7) is 2.31. The summed E-state index contributed by atoms with van der Waals surface area (Å²) in [7, 11) is 0. The molecule has 33 heavy (non-hydrogen) atoms. The molecule has 0 aromatic heterocycles. The minimum absolute atomic E-state index is 0.0676. The Morgan fingerprint density at radius 3 is 2.36 bits per heavy atom. The lowest BCUT2D eigenvalue weighted by molar-refractivity contribution is -0.132. The van der Waals surface area contributed by atoms with Crippen molar-refractivity contribution in [3.63, 3.8) is 0 Å². The van der Waals surface area contributed by atoms with Gasteiger partial charge in [0, 0.05) is 16.3 Å². The van der Waals surface area contributed by atoms with E-state index in [1.807, 2.05) is 6.92 Å². The van der Waals surface area contributed by atoms with Crippen molar-refractivity contribution in [1.29, 1.82) is 0 Å². The first-order chi connectivity index (χ1) is 15.8. The fraction of sp³-hybridized carbons (Fsp3) is 0.120. The zero-order valence-electron chi connectivity index (χ0n) is 17.4. The van der Waals surface area contributed by atoms with Crippen LogP contribution in [0.25, 0.3) is 5.76 Å². The maximum absolute atomic E-state index is 13.2. The molecule has 1 N–H and O–H groups in total. The molecule has 0 saturated carbocycles. The lowest BCUT2D eigenvalue weighted by Gasteiger charge is -2.26. The van der Waals surface area contributed by atoms with Gasteiger partial charge in [0.1, 0.15) is 11.5 Å². The molecular formula is C25H18Cl3NO4. The van der Waals surface area contributed by atoms with E-state index in [0.717, 1.165) is 0 Å². The number of ketones is 1. The highest BCUT2D eigenvalue weighted by molar-refractivity contribution is 6.52. The molecule has 1 amide bonds. The fourth-order valence-electron chi connectivity index (χ4n) is 3.76. The molecule has 8 heteroatoms. The quantitative estimate of drug-likeness (QED) is 0.240. The van der Waals surface area contributed by atoms with Crippen LogP contribution in [-0.4, -0.2) is 23.4 Å². The highest BCUT2D eigenvalue weighted by Crippen LogP contribution is 2.43. The van der Waals surface area contributed by atoms with Gasteiger partial charge in [-0.3, -0.25) is 14.5 Å². The second kappa shape index (κ2) is 9.48. The smallest absolute Gasteiger partial charge is 0.300 e. The molecule has 1 aliphatic heterocycles. The van der Waals surface area contributed by atoms with E-state index in [9.17, 15) is 14.7 Å². The normalized spacial score (nSPS) is 17.5. The minimum Gasteiger partial charge on any atom is -0.507 e. The lowest BCUT2D eigenvalue weighted by Crippen LogP contribution is -2.29. The van der Waals surface area contributed by atoms with Crippen molar-refractivity contribution >= 4 is 57.9 Å². The highest BCUT2D eigenvalue weighted by atomic mass is 35.5. The van der Waals surface area contributed by atoms with Gasteiger partial charge in [0.05, 0.1) is 28.3 Å². The molecule has 168 valence electrons. The Balaban J connectivity index is 1.94. The van der Waals surface area contributed by atoms with E-state index in [1.54, 1.807) is 48.5 Å². The molecule has 0 aliphatic carbocycles. The summed E-state index contributed by atoms with van der Waals surface area (Å²) in [6, 6.07) is 17.2. The van der Waals surface area contributed by atoms with Gasteiger partial charge in [-0.2, -0.15) is 0 Å². The largest absolute Gasteiger partial charge is 0.507 e. The van der Waals surface area contributed by atoms with Crippen molar-refractivity contribution in [2.24, 2.45) is 0 Å². The van der Waals surface area contributed by atoms with E-state index in [1.165, 1.54) is 23.1 Å². The second-order valence-electron chi connectivity index (χ2n) is 7.28. The topological polar surface area (TPSA) is 66.8 Å². The molecule has 0 spiro atoms. The van der Waals surface area contributed by atoms with Crippen LogP contribution in [0, 0.1) is 0 Å². The van der Waals surface area contributed by atoms with Crippen LogP contribution >= 0.6 is 34.8 Å². The number of nitrogens with zero attached hydrogens (tertiary/aromatic N) is 1. The van der Waals surface area contributed by atoms with Crippen LogP contribution in [0.2, 0.25) is 15.1 Å². The number of halogens is 3. The van der Waals surface area contributed by atoms with Gasteiger partial charge < -0.3 is 9.84 Å². The summed E-state index contributed by atoms with van der Waals surface area (Å²) in [5.74, 6) is -1.37.